The molecule has 0 fully saturated rings. The standard InChI is InChI=1S/C17H19N5OS/c1-10(2)15-18-13(21-22-15)9-24-17-19-14(11(3)16(23)20-17)12-7-5-4-6-8-12/h4-8,10H,9H2,1-3H3,(H,18,21,22)(H,19,20,23). The van der Waals surface area contributed by atoms with Gasteiger partial charge in [-0.25, -0.2) is 9.97 Å². The number of aromatic nitrogens is 5. The molecule has 24 heavy (non-hydrogen) atoms. The predicted octanol–water partition coefficient (Wildman–Crippen LogP) is 3.28. The molecule has 0 aliphatic carbocycles. The molecule has 2 aromatic heterocycles. The van der Waals surface area contributed by atoms with E-state index in [-0.39, 0.29) is 11.5 Å². The fraction of sp³-hybridized carbons (Fsp3) is 0.294. The Kier molecular flexibility index (Phi) is 4.80. The minimum atomic E-state index is -0.119. The Labute approximate surface area is 144 Å². The van der Waals surface area contributed by atoms with E-state index in [0.29, 0.717) is 22.2 Å². The first-order valence-corrected chi connectivity index (χ1v) is 8.73. The third kappa shape index (κ3) is 3.56. The molecule has 0 radical (unpaired) electrons. The summed E-state index contributed by atoms with van der Waals surface area (Å²) >= 11 is 1.43. The summed E-state index contributed by atoms with van der Waals surface area (Å²) in [6.07, 6.45) is 0. The highest BCUT2D eigenvalue weighted by Crippen LogP contribution is 2.23. The van der Waals surface area contributed by atoms with Gasteiger partial charge in [0.2, 0.25) is 0 Å². The lowest BCUT2D eigenvalue weighted by Crippen LogP contribution is -2.14. The topological polar surface area (TPSA) is 87.3 Å². The zero-order chi connectivity index (χ0) is 17.1. The highest BCUT2D eigenvalue weighted by molar-refractivity contribution is 7.98. The van der Waals surface area contributed by atoms with E-state index >= 15 is 0 Å². The first-order valence-electron chi connectivity index (χ1n) is 7.75. The third-order valence-electron chi connectivity index (χ3n) is 3.59. The van der Waals surface area contributed by atoms with Crippen molar-refractivity contribution in [3.63, 3.8) is 0 Å². The van der Waals surface area contributed by atoms with Gasteiger partial charge in [-0.1, -0.05) is 55.9 Å². The van der Waals surface area contributed by atoms with Gasteiger partial charge in [0.25, 0.3) is 5.56 Å². The molecule has 6 nitrogen and oxygen atoms in total. The summed E-state index contributed by atoms with van der Waals surface area (Å²) in [6.45, 7) is 5.88. The van der Waals surface area contributed by atoms with Crippen molar-refractivity contribution in [3.8, 4) is 11.3 Å². The first kappa shape index (κ1) is 16.4. The van der Waals surface area contributed by atoms with Gasteiger partial charge >= 0.3 is 0 Å². The summed E-state index contributed by atoms with van der Waals surface area (Å²) in [7, 11) is 0. The van der Waals surface area contributed by atoms with Crippen molar-refractivity contribution in [2.45, 2.75) is 37.6 Å². The highest BCUT2D eigenvalue weighted by atomic mass is 32.2. The van der Waals surface area contributed by atoms with Gasteiger partial charge in [-0.3, -0.25) is 9.89 Å². The van der Waals surface area contributed by atoms with Crippen molar-refractivity contribution >= 4 is 11.8 Å². The van der Waals surface area contributed by atoms with Gasteiger partial charge in [0, 0.05) is 17.0 Å². The molecule has 7 heteroatoms. The SMILES string of the molecule is Cc1c(-c2ccccc2)nc(SCc2nc(C(C)C)n[nH]2)[nH]c1=O. The number of H-pyrrole nitrogens is 2. The molecule has 3 rings (SSSR count). The maximum atomic E-state index is 12.2. The van der Waals surface area contributed by atoms with Gasteiger partial charge < -0.3 is 4.98 Å². The number of nitrogens with zero attached hydrogens (tertiary/aromatic N) is 3. The summed E-state index contributed by atoms with van der Waals surface area (Å²) in [5.74, 6) is 2.41. The van der Waals surface area contributed by atoms with E-state index in [1.165, 1.54) is 11.8 Å². The number of nitrogens with one attached hydrogen (secondary N) is 2. The van der Waals surface area contributed by atoms with Crippen molar-refractivity contribution in [1.29, 1.82) is 0 Å². The number of hydrogen-bond donors (Lipinski definition) is 2. The molecule has 2 N–H and O–H groups in total. The van der Waals surface area contributed by atoms with Gasteiger partial charge in [-0.2, -0.15) is 5.10 Å². The smallest absolute Gasteiger partial charge is 0.255 e. The fourth-order valence-electron chi connectivity index (χ4n) is 2.23. The van der Waals surface area contributed by atoms with E-state index in [1.807, 2.05) is 44.2 Å². The maximum Gasteiger partial charge on any atom is 0.255 e. The first-order chi connectivity index (χ1) is 11.5. The normalized spacial score (nSPS) is 11.2. The largest absolute Gasteiger partial charge is 0.301 e. The molecule has 0 saturated carbocycles. The predicted molar refractivity (Wildman–Crippen MR) is 95.1 cm³/mol. The van der Waals surface area contributed by atoms with Crippen molar-refractivity contribution in [2.24, 2.45) is 0 Å². The molecule has 0 spiro atoms. The lowest BCUT2D eigenvalue weighted by atomic mass is 10.1. The van der Waals surface area contributed by atoms with Crippen LogP contribution in [0.15, 0.2) is 40.3 Å². The average molecular weight is 341 g/mol. The van der Waals surface area contributed by atoms with Crippen LogP contribution in [0.3, 0.4) is 0 Å². The zero-order valence-corrected chi connectivity index (χ0v) is 14.6. The summed E-state index contributed by atoms with van der Waals surface area (Å²) in [6, 6.07) is 9.72. The van der Waals surface area contributed by atoms with Crippen molar-refractivity contribution < 1.29 is 0 Å². The molecule has 0 aliphatic heterocycles. The van der Waals surface area contributed by atoms with Crippen LogP contribution < -0.4 is 5.56 Å². The quantitative estimate of drug-likeness (QED) is 0.549. The van der Waals surface area contributed by atoms with Crippen LogP contribution in [0.4, 0.5) is 0 Å². The summed E-state index contributed by atoms with van der Waals surface area (Å²) in [5.41, 5.74) is 2.14. The average Bonchev–Trinajstić information content (AvgIpc) is 3.06. The monoisotopic (exact) mass is 341 g/mol. The van der Waals surface area contributed by atoms with Crippen LogP contribution in [0.25, 0.3) is 11.3 Å². The number of hydrogen-bond acceptors (Lipinski definition) is 5. The van der Waals surface area contributed by atoms with Crippen LogP contribution in [0, 0.1) is 6.92 Å². The lowest BCUT2D eigenvalue weighted by Gasteiger charge is -2.07. The van der Waals surface area contributed by atoms with Crippen LogP contribution in [0.1, 0.15) is 37.0 Å². The Morgan fingerprint density at radius 3 is 2.58 bits per heavy atom. The maximum absolute atomic E-state index is 12.2. The highest BCUT2D eigenvalue weighted by Gasteiger charge is 2.12. The van der Waals surface area contributed by atoms with Crippen LogP contribution >= 0.6 is 11.8 Å². The van der Waals surface area contributed by atoms with Crippen LogP contribution in [0.2, 0.25) is 0 Å². The summed E-state index contributed by atoms with van der Waals surface area (Å²) < 4.78 is 0. The van der Waals surface area contributed by atoms with Crippen LogP contribution in [0.5, 0.6) is 0 Å². The molecular formula is C17H19N5OS. The van der Waals surface area contributed by atoms with Gasteiger partial charge in [-0.15, -0.1) is 0 Å². The van der Waals surface area contributed by atoms with E-state index in [9.17, 15) is 4.79 Å². The lowest BCUT2D eigenvalue weighted by molar-refractivity contribution is 0.780. The summed E-state index contributed by atoms with van der Waals surface area (Å²) in [4.78, 5) is 24.1. The van der Waals surface area contributed by atoms with Crippen molar-refractivity contribution in [2.75, 3.05) is 0 Å². The molecule has 0 amide bonds. The Morgan fingerprint density at radius 1 is 1.17 bits per heavy atom. The minimum Gasteiger partial charge on any atom is -0.301 e. The van der Waals surface area contributed by atoms with Gasteiger partial charge in [0.1, 0.15) is 5.82 Å². The van der Waals surface area contributed by atoms with E-state index in [4.69, 9.17) is 0 Å². The fourth-order valence-corrected chi connectivity index (χ4v) is 2.95. The Balaban J connectivity index is 1.83. The van der Waals surface area contributed by atoms with Crippen LogP contribution in [-0.2, 0) is 5.75 Å². The Hall–Kier alpha value is -2.41. The Morgan fingerprint density at radius 2 is 1.92 bits per heavy atom. The molecule has 0 aliphatic rings. The van der Waals surface area contributed by atoms with Gasteiger partial charge in [-0.05, 0) is 6.92 Å². The van der Waals surface area contributed by atoms with Crippen LogP contribution in [-0.4, -0.2) is 25.1 Å². The van der Waals surface area contributed by atoms with Gasteiger partial charge in [0.15, 0.2) is 11.0 Å². The number of benzene rings is 1. The third-order valence-corrected chi connectivity index (χ3v) is 4.47. The zero-order valence-electron chi connectivity index (χ0n) is 13.8. The number of aromatic amines is 2. The minimum absolute atomic E-state index is 0.119. The second kappa shape index (κ2) is 7.00. The molecule has 0 unspecified atom stereocenters. The molecule has 3 aromatic rings. The molecular weight excluding hydrogens is 322 g/mol. The van der Waals surface area contributed by atoms with E-state index in [0.717, 1.165) is 17.2 Å². The summed E-state index contributed by atoms with van der Waals surface area (Å²) in [5, 5.41) is 7.69. The molecule has 0 bridgehead atoms. The molecule has 0 atom stereocenters. The van der Waals surface area contributed by atoms with E-state index < -0.39 is 0 Å². The Bertz CT molecular complexity index is 885. The molecule has 0 saturated heterocycles. The van der Waals surface area contributed by atoms with Crippen molar-refractivity contribution in [1.82, 2.24) is 25.1 Å². The second-order valence-corrected chi connectivity index (χ2v) is 6.76. The van der Waals surface area contributed by atoms with E-state index in [2.05, 4.69) is 25.1 Å². The second-order valence-electron chi connectivity index (χ2n) is 5.79. The van der Waals surface area contributed by atoms with E-state index in [1.54, 1.807) is 6.92 Å². The molecule has 2 heterocycles. The number of thioether (sulfide) groups is 1. The number of rotatable bonds is 5. The van der Waals surface area contributed by atoms with Crippen molar-refractivity contribution in [3.05, 3.63) is 57.9 Å². The molecule has 1 aromatic carbocycles. The van der Waals surface area contributed by atoms with Gasteiger partial charge in [0.05, 0.1) is 11.4 Å². The molecule has 124 valence electrons.